The molecule has 0 amide bonds. The van der Waals surface area contributed by atoms with Crippen LogP contribution in [0.2, 0.25) is 0 Å². The first-order valence-electron chi connectivity index (χ1n) is 20.9. The number of carbonyl (C=O) groups excluding carboxylic acids is 4. The van der Waals surface area contributed by atoms with Gasteiger partial charge in [0.2, 0.25) is 0 Å². The zero-order chi connectivity index (χ0) is 46.4. The normalized spacial score (nSPS) is 15.1. The SMILES string of the molecule is C1CC1.CCc1c(C)c(C)c(C)c(C(=O)O)c1C.CCc1c(C)c(C)c(F)c(C)c1C(=O)C1CC1.COC1=CC(=O)C=C(C)C1C(=O)Oc1c(C)c(C)c(C(C)=O)c(O)c1Br. The minimum atomic E-state index is -0.862. The fraction of sp³-hybridized carbons (Fsp3) is 0.460. The second kappa shape index (κ2) is 21.3. The van der Waals surface area contributed by atoms with Crippen molar-refractivity contribution in [3.63, 3.8) is 0 Å². The number of Topliss-reactive ketones (excluding diaryl/α,β-unsaturated/α-hetero) is 2. The van der Waals surface area contributed by atoms with Gasteiger partial charge in [0.15, 0.2) is 23.1 Å². The third-order valence-electron chi connectivity index (χ3n) is 11.9. The van der Waals surface area contributed by atoms with Gasteiger partial charge in [0.05, 0.1) is 18.2 Å². The Kier molecular flexibility index (Phi) is 17.6. The molecule has 3 aliphatic rings. The summed E-state index contributed by atoms with van der Waals surface area (Å²) in [5.41, 5.74) is 11.4. The summed E-state index contributed by atoms with van der Waals surface area (Å²) in [5, 5.41) is 19.5. The van der Waals surface area contributed by atoms with Crippen molar-refractivity contribution >= 4 is 45.2 Å². The van der Waals surface area contributed by atoms with Gasteiger partial charge >= 0.3 is 11.9 Å². The van der Waals surface area contributed by atoms with Gasteiger partial charge in [-0.3, -0.25) is 19.2 Å². The number of ether oxygens (including phenoxy) is 2. The molecule has 0 aliphatic heterocycles. The molecule has 9 nitrogen and oxygen atoms in total. The first kappa shape index (κ1) is 50.5. The molecule has 3 aromatic carbocycles. The average molecular weight is 906 g/mol. The highest BCUT2D eigenvalue weighted by atomic mass is 79.9. The number of allylic oxidation sites excluding steroid dienone is 2. The molecular formula is C50H62BrFO9. The van der Waals surface area contributed by atoms with E-state index in [9.17, 15) is 38.6 Å². The molecule has 0 heterocycles. The van der Waals surface area contributed by atoms with Crippen molar-refractivity contribution in [1.82, 2.24) is 0 Å². The molecule has 3 aromatic rings. The summed E-state index contributed by atoms with van der Waals surface area (Å²) in [7, 11) is 1.37. The number of benzene rings is 3. The van der Waals surface area contributed by atoms with E-state index in [4.69, 9.17) is 9.47 Å². The number of phenols is 1. The van der Waals surface area contributed by atoms with E-state index >= 15 is 0 Å². The summed E-state index contributed by atoms with van der Waals surface area (Å²) >= 11 is 3.20. The lowest BCUT2D eigenvalue weighted by atomic mass is 9.88. The highest BCUT2D eigenvalue weighted by Crippen LogP contribution is 2.43. The summed E-state index contributed by atoms with van der Waals surface area (Å²) in [4.78, 5) is 59.6. The summed E-state index contributed by atoms with van der Waals surface area (Å²) in [6, 6.07) is 0. The van der Waals surface area contributed by atoms with Gasteiger partial charge in [-0.2, -0.15) is 0 Å². The van der Waals surface area contributed by atoms with Gasteiger partial charge in [-0.15, -0.1) is 0 Å². The Morgan fingerprint density at radius 3 is 1.70 bits per heavy atom. The molecule has 61 heavy (non-hydrogen) atoms. The maximum absolute atomic E-state index is 14.1. The molecule has 11 heteroatoms. The third kappa shape index (κ3) is 11.3. The van der Waals surface area contributed by atoms with Gasteiger partial charge in [0.25, 0.3) is 0 Å². The Balaban J connectivity index is 0.000000245. The minimum Gasteiger partial charge on any atom is -0.506 e. The van der Waals surface area contributed by atoms with Crippen molar-refractivity contribution in [1.29, 1.82) is 0 Å². The van der Waals surface area contributed by atoms with Crippen LogP contribution in [-0.4, -0.2) is 46.6 Å². The van der Waals surface area contributed by atoms with E-state index < -0.39 is 17.9 Å². The minimum absolute atomic E-state index is 0.121. The van der Waals surface area contributed by atoms with E-state index in [-0.39, 0.29) is 56.4 Å². The van der Waals surface area contributed by atoms with Crippen LogP contribution in [0, 0.1) is 80.0 Å². The second-order valence-electron chi connectivity index (χ2n) is 16.2. The van der Waals surface area contributed by atoms with Gasteiger partial charge in [-0.1, -0.05) is 33.1 Å². The number of phenolic OH excluding ortho intramolecular Hbond substituents is 1. The Morgan fingerprint density at radius 1 is 0.721 bits per heavy atom. The van der Waals surface area contributed by atoms with E-state index in [1.165, 1.54) is 56.6 Å². The molecule has 6 rings (SSSR count). The molecule has 1 atom stereocenters. The quantitative estimate of drug-likeness (QED) is 0.122. The summed E-state index contributed by atoms with van der Waals surface area (Å²) in [5.74, 6) is -2.76. The van der Waals surface area contributed by atoms with Gasteiger partial charge in [0.1, 0.15) is 27.7 Å². The molecule has 1 unspecified atom stereocenters. The molecule has 3 aliphatic carbocycles. The fourth-order valence-corrected chi connectivity index (χ4v) is 8.26. The maximum Gasteiger partial charge on any atom is 0.336 e. The number of hydrogen-bond donors (Lipinski definition) is 2. The zero-order valence-electron chi connectivity index (χ0n) is 38.3. The fourth-order valence-electron chi connectivity index (χ4n) is 7.69. The van der Waals surface area contributed by atoms with Crippen molar-refractivity contribution in [2.45, 2.75) is 135 Å². The highest BCUT2D eigenvalue weighted by Gasteiger charge is 2.35. The van der Waals surface area contributed by atoms with E-state index in [1.54, 1.807) is 34.6 Å². The van der Waals surface area contributed by atoms with E-state index in [1.807, 2.05) is 34.6 Å². The van der Waals surface area contributed by atoms with Crippen LogP contribution >= 0.6 is 15.9 Å². The number of halogens is 2. The van der Waals surface area contributed by atoms with Crippen LogP contribution in [0.3, 0.4) is 0 Å². The van der Waals surface area contributed by atoms with Crippen molar-refractivity contribution in [2.24, 2.45) is 11.8 Å². The number of carboxylic acids is 1. The van der Waals surface area contributed by atoms with E-state index in [2.05, 4.69) is 29.8 Å². The number of aromatic carboxylic acids is 1. The van der Waals surface area contributed by atoms with Gasteiger partial charge in [-0.25, -0.2) is 9.18 Å². The Hall–Kier alpha value is -4.90. The molecule has 0 spiro atoms. The Bertz CT molecular complexity index is 2290. The van der Waals surface area contributed by atoms with Gasteiger partial charge < -0.3 is 19.7 Å². The first-order chi connectivity index (χ1) is 28.5. The first-order valence-corrected chi connectivity index (χ1v) is 21.7. The van der Waals surface area contributed by atoms with Crippen LogP contribution in [0.4, 0.5) is 4.39 Å². The standard InChI is InChI=1S/C19H19BrO6.C15H19FO.C13H18O2.C3H6/c1-8-6-12(22)7-13(25-5)14(8)19(24)26-18-10(3)9(2)15(11(4)21)17(23)16(18)20;1-5-12-8(2)9(3)14(16)10(4)13(12)15(17)11-6-7-11;1-6-11-8(3)7(2)9(4)12(10(11)5)13(14)15;1-2-3-1/h6-7,14,23H,1-5H3;11H,5-7H2,1-4H3;6H2,1-5H3,(H,14,15);1-3H2. The number of methoxy groups -OCH3 is 1. The van der Waals surface area contributed by atoms with Crippen molar-refractivity contribution < 1.29 is 48.0 Å². The number of hydrogen-bond acceptors (Lipinski definition) is 8. The van der Waals surface area contributed by atoms with Crippen molar-refractivity contribution in [2.75, 3.05) is 7.11 Å². The molecule has 0 aromatic heterocycles. The predicted molar refractivity (Wildman–Crippen MR) is 241 cm³/mol. The van der Waals surface area contributed by atoms with Crippen LogP contribution in [0.15, 0.2) is 28.0 Å². The number of carbonyl (C=O) groups is 5. The molecule has 2 fully saturated rings. The molecule has 330 valence electrons. The summed E-state index contributed by atoms with van der Waals surface area (Å²) in [6.07, 6.45) is 10.7. The number of ketones is 3. The maximum atomic E-state index is 14.1. The van der Waals surface area contributed by atoms with Crippen LogP contribution in [0.1, 0.15) is 152 Å². The van der Waals surface area contributed by atoms with Gasteiger partial charge in [0, 0.05) is 17.6 Å². The summed E-state index contributed by atoms with van der Waals surface area (Å²) in [6.45, 7) is 23.7. The molecule has 2 N–H and O–H groups in total. The molecule has 0 radical (unpaired) electrons. The van der Waals surface area contributed by atoms with Crippen LogP contribution in [0.5, 0.6) is 11.5 Å². The van der Waals surface area contributed by atoms with Crippen molar-refractivity contribution in [3.8, 4) is 11.5 Å². The van der Waals surface area contributed by atoms with Crippen molar-refractivity contribution in [3.05, 3.63) is 112 Å². The molecular weight excluding hydrogens is 843 g/mol. The largest absolute Gasteiger partial charge is 0.506 e. The number of aromatic hydroxyl groups is 1. The predicted octanol–water partition coefficient (Wildman–Crippen LogP) is 11.8. The zero-order valence-corrected chi connectivity index (χ0v) is 39.9. The van der Waals surface area contributed by atoms with Crippen LogP contribution < -0.4 is 4.74 Å². The Morgan fingerprint density at radius 2 is 1.25 bits per heavy atom. The molecule has 0 saturated heterocycles. The van der Waals surface area contributed by atoms with Crippen LogP contribution in [0.25, 0.3) is 0 Å². The molecule has 2 saturated carbocycles. The topological polar surface area (TPSA) is 144 Å². The lowest BCUT2D eigenvalue weighted by Crippen LogP contribution is -2.27. The lowest BCUT2D eigenvalue weighted by Gasteiger charge is -2.23. The van der Waals surface area contributed by atoms with Gasteiger partial charge in [-0.05, 0) is 191 Å². The highest BCUT2D eigenvalue weighted by molar-refractivity contribution is 9.10. The smallest absolute Gasteiger partial charge is 0.336 e. The monoisotopic (exact) mass is 904 g/mol. The summed E-state index contributed by atoms with van der Waals surface area (Å²) < 4.78 is 24.9. The second-order valence-corrected chi connectivity index (χ2v) is 17.0. The third-order valence-corrected chi connectivity index (χ3v) is 12.7. The lowest BCUT2D eigenvalue weighted by molar-refractivity contribution is -0.137. The number of rotatable bonds is 9. The number of carboxylic acid groups (broad SMARTS) is 1. The molecule has 0 bridgehead atoms. The number of esters is 1. The average Bonchev–Trinajstić information content (AvgIpc) is 4.11. The van der Waals surface area contributed by atoms with E-state index in [0.29, 0.717) is 39.0 Å². The van der Waals surface area contributed by atoms with E-state index in [0.717, 1.165) is 53.5 Å². The Labute approximate surface area is 369 Å². The van der Waals surface area contributed by atoms with Crippen LogP contribution in [-0.2, 0) is 27.2 Å².